The van der Waals surface area contributed by atoms with Gasteiger partial charge in [0.1, 0.15) is 22.1 Å². The van der Waals surface area contributed by atoms with Gasteiger partial charge in [-0.3, -0.25) is 9.78 Å². The number of amides is 1. The third-order valence-electron chi connectivity index (χ3n) is 8.07. The zero-order chi connectivity index (χ0) is 32.4. The number of imidazole rings is 1. The summed E-state index contributed by atoms with van der Waals surface area (Å²) in [7, 11) is -4.06. The summed E-state index contributed by atoms with van der Waals surface area (Å²) in [6.45, 7) is 8.87. The van der Waals surface area contributed by atoms with Crippen LogP contribution in [-0.4, -0.2) is 71.9 Å². The Hall–Kier alpha value is -4.01. The van der Waals surface area contributed by atoms with Gasteiger partial charge in [-0.1, -0.05) is 12.1 Å². The SMILES string of the molecule is CC(C)(C)OC(=O)[C@@]1(NC(=O)[C@H]2N(S(=O)(=O)c3cccnc3)CSC2(C)C)CC1c1ccc(-n2c(=O)[nH]c3cccnc32)cc1. The average molecular weight is 651 g/mol. The molecule has 6 rings (SSSR count). The van der Waals surface area contributed by atoms with Crippen molar-refractivity contribution in [2.24, 2.45) is 0 Å². The Bertz CT molecular complexity index is 1950. The lowest BCUT2D eigenvalue weighted by molar-refractivity contribution is -0.160. The lowest BCUT2D eigenvalue weighted by Crippen LogP contribution is -2.58. The summed E-state index contributed by atoms with van der Waals surface area (Å²) in [6, 6.07) is 12.5. The molecule has 2 N–H and O–H groups in total. The number of nitrogens with zero attached hydrogens (tertiary/aromatic N) is 4. The van der Waals surface area contributed by atoms with Gasteiger partial charge in [-0.25, -0.2) is 27.6 Å². The Labute approximate surface area is 264 Å². The largest absolute Gasteiger partial charge is 0.458 e. The summed E-state index contributed by atoms with van der Waals surface area (Å²) in [5, 5.41) is 2.95. The van der Waals surface area contributed by atoms with Crippen LogP contribution in [0.2, 0.25) is 0 Å². The first-order chi connectivity index (χ1) is 21.1. The van der Waals surface area contributed by atoms with Crippen molar-refractivity contribution in [1.29, 1.82) is 0 Å². The number of nitrogens with one attached hydrogen (secondary N) is 2. The molecule has 12 nitrogen and oxygen atoms in total. The molecule has 1 aromatic carbocycles. The van der Waals surface area contributed by atoms with Crippen molar-refractivity contribution in [3.05, 3.63) is 83.2 Å². The molecule has 1 amide bonds. The Morgan fingerprint density at radius 3 is 2.47 bits per heavy atom. The van der Waals surface area contributed by atoms with Gasteiger partial charge in [0.15, 0.2) is 5.65 Å². The number of carbonyl (C=O) groups excluding carboxylic acids is 2. The summed E-state index contributed by atoms with van der Waals surface area (Å²) in [6.07, 6.45) is 4.60. The third-order valence-corrected chi connectivity index (χ3v) is 11.4. The molecule has 0 bridgehead atoms. The zero-order valence-corrected chi connectivity index (χ0v) is 27.1. The predicted octanol–water partition coefficient (Wildman–Crippen LogP) is 3.34. The van der Waals surface area contributed by atoms with Crippen molar-refractivity contribution < 1.29 is 22.7 Å². The van der Waals surface area contributed by atoms with Crippen molar-refractivity contribution in [2.75, 3.05) is 5.88 Å². The van der Waals surface area contributed by atoms with E-state index in [1.165, 1.54) is 45.2 Å². The van der Waals surface area contributed by atoms with Crippen LogP contribution in [0.15, 0.2) is 76.8 Å². The fourth-order valence-electron chi connectivity index (χ4n) is 5.79. The van der Waals surface area contributed by atoms with E-state index in [0.29, 0.717) is 16.9 Å². The number of rotatable bonds is 7. The van der Waals surface area contributed by atoms with E-state index >= 15 is 0 Å². The van der Waals surface area contributed by atoms with E-state index in [4.69, 9.17) is 4.74 Å². The molecule has 0 radical (unpaired) electrons. The van der Waals surface area contributed by atoms with E-state index < -0.39 is 49.7 Å². The van der Waals surface area contributed by atoms with E-state index in [-0.39, 0.29) is 22.9 Å². The van der Waals surface area contributed by atoms with Gasteiger partial charge in [0.25, 0.3) is 0 Å². The standard InChI is InChI=1S/C31H34N6O6S2/c1-29(2,3)43-27(39)31(35-26(38)24-30(4,5)44-18-36(24)45(41,42)21-8-6-14-32-17-21)16-22(31)19-10-12-20(13-11-19)37-25-23(34-28(37)40)9-7-15-33-25/h6-15,17,22,24H,16,18H2,1-5H3,(H,34,40)(H,35,38)/t22?,24-,31-/m1/s1. The van der Waals surface area contributed by atoms with Gasteiger partial charge >= 0.3 is 11.7 Å². The maximum absolute atomic E-state index is 14.1. The number of pyridine rings is 2. The second kappa shape index (κ2) is 10.8. The summed E-state index contributed by atoms with van der Waals surface area (Å²) in [5.74, 6) is -1.56. The van der Waals surface area contributed by atoms with Crippen molar-refractivity contribution in [1.82, 2.24) is 29.1 Å². The number of H-pyrrole nitrogens is 1. The zero-order valence-electron chi connectivity index (χ0n) is 25.5. The Balaban J connectivity index is 1.32. The van der Waals surface area contributed by atoms with Crippen LogP contribution in [-0.2, 0) is 24.3 Å². The van der Waals surface area contributed by atoms with Crippen LogP contribution >= 0.6 is 11.8 Å². The molecule has 14 heteroatoms. The van der Waals surface area contributed by atoms with Crippen LogP contribution in [0.4, 0.5) is 0 Å². The van der Waals surface area contributed by atoms with Crippen LogP contribution in [0.25, 0.3) is 16.9 Å². The Morgan fingerprint density at radius 1 is 1.09 bits per heavy atom. The first-order valence-corrected chi connectivity index (χ1v) is 16.8. The number of fused-ring (bicyclic) bond motifs is 1. The molecule has 0 spiro atoms. The molecular formula is C31H34N6O6S2. The van der Waals surface area contributed by atoms with Crippen molar-refractivity contribution in [2.45, 2.75) is 73.8 Å². The molecule has 2 aliphatic rings. The number of hydrogen-bond donors (Lipinski definition) is 2. The molecule has 45 heavy (non-hydrogen) atoms. The van der Waals surface area contributed by atoms with Gasteiger partial charge in [0.05, 0.1) is 17.1 Å². The molecule has 4 heterocycles. The quantitative estimate of drug-likeness (QED) is 0.287. The van der Waals surface area contributed by atoms with Gasteiger partial charge in [-0.05, 0) is 83.0 Å². The third kappa shape index (κ3) is 5.55. The second-order valence-corrected chi connectivity index (χ2v) is 16.3. The van der Waals surface area contributed by atoms with Crippen LogP contribution < -0.4 is 11.0 Å². The van der Waals surface area contributed by atoms with Gasteiger partial charge in [0.2, 0.25) is 15.9 Å². The molecule has 4 aromatic rings. The minimum atomic E-state index is -4.06. The minimum absolute atomic E-state index is 0.0168. The molecule has 3 aromatic heterocycles. The van der Waals surface area contributed by atoms with E-state index in [1.54, 1.807) is 63.4 Å². The number of ether oxygens (including phenoxy) is 1. The fraction of sp³-hybridized carbons (Fsp3) is 0.387. The summed E-state index contributed by atoms with van der Waals surface area (Å²) in [5.41, 5.74) is -0.132. The molecule has 2 fully saturated rings. The van der Waals surface area contributed by atoms with E-state index in [9.17, 15) is 22.8 Å². The summed E-state index contributed by atoms with van der Waals surface area (Å²) < 4.78 is 34.9. The number of carbonyl (C=O) groups is 2. The minimum Gasteiger partial charge on any atom is -0.458 e. The highest BCUT2D eigenvalue weighted by molar-refractivity contribution is 8.02. The summed E-state index contributed by atoms with van der Waals surface area (Å²) in [4.78, 5) is 51.6. The lowest BCUT2D eigenvalue weighted by Gasteiger charge is -2.32. The number of sulfonamides is 1. The van der Waals surface area contributed by atoms with Gasteiger partial charge in [-0.15, -0.1) is 11.8 Å². The normalized spacial score (nSPS) is 23.1. The molecule has 1 saturated heterocycles. The number of aromatic nitrogens is 4. The lowest BCUT2D eigenvalue weighted by atomic mass is 10.0. The molecule has 1 unspecified atom stereocenters. The van der Waals surface area contributed by atoms with Crippen molar-refractivity contribution in [3.63, 3.8) is 0 Å². The molecular weight excluding hydrogens is 617 g/mol. The monoisotopic (exact) mass is 650 g/mol. The van der Waals surface area contributed by atoms with Gasteiger partial charge in [0, 0.05) is 29.3 Å². The van der Waals surface area contributed by atoms with Crippen LogP contribution in [0.3, 0.4) is 0 Å². The Morgan fingerprint density at radius 2 is 1.80 bits per heavy atom. The smallest absolute Gasteiger partial charge is 0.333 e. The fourth-order valence-corrected chi connectivity index (χ4v) is 8.93. The van der Waals surface area contributed by atoms with E-state index in [2.05, 4.69) is 20.3 Å². The maximum Gasteiger partial charge on any atom is 0.333 e. The topological polar surface area (TPSA) is 156 Å². The highest BCUT2D eigenvalue weighted by Crippen LogP contribution is 2.53. The maximum atomic E-state index is 14.1. The molecule has 1 aliphatic heterocycles. The van der Waals surface area contributed by atoms with Crippen molar-refractivity contribution >= 4 is 44.8 Å². The molecule has 1 aliphatic carbocycles. The Kier molecular flexibility index (Phi) is 7.45. The molecule has 1 saturated carbocycles. The van der Waals surface area contributed by atoms with Crippen LogP contribution in [0, 0.1) is 0 Å². The molecule has 3 atom stereocenters. The number of thioether (sulfide) groups is 1. The van der Waals surface area contributed by atoms with E-state index in [0.717, 1.165) is 5.56 Å². The van der Waals surface area contributed by atoms with E-state index in [1.807, 2.05) is 13.8 Å². The number of benzene rings is 1. The highest BCUT2D eigenvalue weighted by atomic mass is 32.2. The van der Waals surface area contributed by atoms with Gasteiger partial charge < -0.3 is 15.0 Å². The highest BCUT2D eigenvalue weighted by Gasteiger charge is 2.65. The summed E-state index contributed by atoms with van der Waals surface area (Å²) >= 11 is 1.34. The van der Waals surface area contributed by atoms with Crippen LogP contribution in [0.1, 0.15) is 52.5 Å². The first kappa shape index (κ1) is 31.0. The van der Waals surface area contributed by atoms with Gasteiger partial charge in [-0.2, -0.15) is 4.31 Å². The van der Waals surface area contributed by atoms with Crippen LogP contribution in [0.5, 0.6) is 0 Å². The average Bonchev–Trinajstić information content (AvgIpc) is 3.46. The second-order valence-electron chi connectivity index (χ2n) is 12.8. The number of esters is 1. The van der Waals surface area contributed by atoms with Crippen molar-refractivity contribution in [3.8, 4) is 5.69 Å². The first-order valence-electron chi connectivity index (χ1n) is 14.4. The molecule has 236 valence electrons. The number of aromatic amines is 1. The number of hydrogen-bond acceptors (Lipinski definition) is 9. The predicted molar refractivity (Wildman–Crippen MR) is 169 cm³/mol.